The third kappa shape index (κ3) is 4.71. The van der Waals surface area contributed by atoms with Gasteiger partial charge < -0.3 is 20.1 Å². The average Bonchev–Trinajstić information content (AvgIpc) is 2.70. The van der Waals surface area contributed by atoms with Crippen LogP contribution in [0, 0.1) is 0 Å². The minimum Gasteiger partial charge on any atom is -0.496 e. The summed E-state index contributed by atoms with van der Waals surface area (Å²) >= 11 is 0. The lowest BCUT2D eigenvalue weighted by Gasteiger charge is -2.36. The fraction of sp³-hybridized carbons (Fsp3) is 0.632. The second kappa shape index (κ2) is 9.17. The maximum absolute atomic E-state index is 12.4. The number of amides is 1. The standard InChI is InChI=1S/C19H29N3O3/c1-24-17-8-4-3-7-15(17)16(22-10-5-2-6-11-22)13-21-19(23)18-14-20-9-12-25-18/h3-4,7-8,16,18,20H,2,5-6,9-14H2,1H3,(H,21,23). The molecule has 2 N–H and O–H groups in total. The van der Waals surface area contributed by atoms with Crippen LogP contribution in [0.4, 0.5) is 0 Å². The molecule has 2 aliphatic rings. The number of piperidine rings is 1. The van der Waals surface area contributed by atoms with Gasteiger partial charge in [0, 0.05) is 25.2 Å². The Hall–Kier alpha value is -1.63. The number of nitrogens with zero attached hydrogens (tertiary/aromatic N) is 1. The van der Waals surface area contributed by atoms with Crippen LogP contribution in [0.3, 0.4) is 0 Å². The van der Waals surface area contributed by atoms with Crippen molar-refractivity contribution < 1.29 is 14.3 Å². The third-order valence-electron chi connectivity index (χ3n) is 5.02. The lowest BCUT2D eigenvalue weighted by atomic mass is 10.0. The van der Waals surface area contributed by atoms with Crippen molar-refractivity contribution in [2.45, 2.75) is 31.4 Å². The predicted molar refractivity (Wildman–Crippen MR) is 96.8 cm³/mol. The van der Waals surface area contributed by atoms with Gasteiger partial charge in [-0.2, -0.15) is 0 Å². The van der Waals surface area contributed by atoms with E-state index in [1.807, 2.05) is 18.2 Å². The van der Waals surface area contributed by atoms with Crippen molar-refractivity contribution in [3.63, 3.8) is 0 Å². The van der Waals surface area contributed by atoms with E-state index < -0.39 is 6.10 Å². The van der Waals surface area contributed by atoms with Gasteiger partial charge in [-0.3, -0.25) is 9.69 Å². The Morgan fingerprint density at radius 2 is 2.16 bits per heavy atom. The normalized spacial score (nSPS) is 23.0. The number of methoxy groups -OCH3 is 1. The largest absolute Gasteiger partial charge is 0.496 e. The van der Waals surface area contributed by atoms with Gasteiger partial charge in [0.05, 0.1) is 19.8 Å². The molecular weight excluding hydrogens is 318 g/mol. The molecule has 2 atom stereocenters. The lowest BCUT2D eigenvalue weighted by molar-refractivity contribution is -0.134. The molecule has 138 valence electrons. The molecular formula is C19H29N3O3. The molecule has 1 amide bonds. The van der Waals surface area contributed by atoms with E-state index in [2.05, 4.69) is 21.6 Å². The highest BCUT2D eigenvalue weighted by atomic mass is 16.5. The average molecular weight is 347 g/mol. The number of likely N-dealkylation sites (tertiary alicyclic amines) is 1. The number of hydrogen-bond acceptors (Lipinski definition) is 5. The first-order chi connectivity index (χ1) is 12.3. The Bertz CT molecular complexity index is 555. The summed E-state index contributed by atoms with van der Waals surface area (Å²) in [5.74, 6) is 0.840. The molecule has 2 heterocycles. The summed E-state index contributed by atoms with van der Waals surface area (Å²) in [6.45, 7) is 4.65. The van der Waals surface area contributed by atoms with E-state index in [0.29, 0.717) is 19.7 Å². The van der Waals surface area contributed by atoms with E-state index >= 15 is 0 Å². The van der Waals surface area contributed by atoms with Crippen LogP contribution in [-0.2, 0) is 9.53 Å². The topological polar surface area (TPSA) is 62.8 Å². The highest BCUT2D eigenvalue weighted by molar-refractivity contribution is 5.81. The first kappa shape index (κ1) is 18.2. The molecule has 2 fully saturated rings. The van der Waals surface area contributed by atoms with Crippen molar-refractivity contribution in [2.24, 2.45) is 0 Å². The molecule has 0 aromatic heterocycles. The first-order valence-electron chi connectivity index (χ1n) is 9.26. The summed E-state index contributed by atoms with van der Waals surface area (Å²) in [5.41, 5.74) is 1.13. The van der Waals surface area contributed by atoms with Crippen molar-refractivity contribution in [3.8, 4) is 5.75 Å². The van der Waals surface area contributed by atoms with Gasteiger partial charge in [-0.1, -0.05) is 24.6 Å². The van der Waals surface area contributed by atoms with Crippen LogP contribution < -0.4 is 15.4 Å². The molecule has 6 nitrogen and oxygen atoms in total. The van der Waals surface area contributed by atoms with Crippen LogP contribution >= 0.6 is 0 Å². The summed E-state index contributed by atoms with van der Waals surface area (Å²) in [6, 6.07) is 8.23. The minimum absolute atomic E-state index is 0.0379. The summed E-state index contributed by atoms with van der Waals surface area (Å²) in [5, 5.41) is 6.30. The summed E-state index contributed by atoms with van der Waals surface area (Å²) in [6.07, 6.45) is 3.29. The molecule has 2 aliphatic heterocycles. The molecule has 0 spiro atoms. The highest BCUT2D eigenvalue weighted by Gasteiger charge is 2.27. The Morgan fingerprint density at radius 1 is 1.36 bits per heavy atom. The number of carbonyl (C=O) groups excluding carboxylic acids is 1. The Balaban J connectivity index is 1.70. The van der Waals surface area contributed by atoms with Gasteiger partial charge in [-0.05, 0) is 32.0 Å². The Kier molecular flexibility index (Phi) is 6.67. The summed E-state index contributed by atoms with van der Waals surface area (Å²) in [4.78, 5) is 14.9. The van der Waals surface area contributed by atoms with Crippen LogP contribution in [0.1, 0.15) is 30.9 Å². The van der Waals surface area contributed by atoms with E-state index in [-0.39, 0.29) is 11.9 Å². The number of rotatable bonds is 6. The molecule has 3 rings (SSSR count). The van der Waals surface area contributed by atoms with Gasteiger partial charge in [-0.15, -0.1) is 0 Å². The van der Waals surface area contributed by atoms with E-state index in [4.69, 9.17) is 9.47 Å². The number of carbonyl (C=O) groups is 1. The quantitative estimate of drug-likeness (QED) is 0.813. The summed E-state index contributed by atoms with van der Waals surface area (Å²) in [7, 11) is 1.70. The second-order valence-corrected chi connectivity index (χ2v) is 6.66. The number of ether oxygens (including phenoxy) is 2. The van der Waals surface area contributed by atoms with E-state index in [9.17, 15) is 4.79 Å². The zero-order chi connectivity index (χ0) is 17.5. The maximum atomic E-state index is 12.4. The van der Waals surface area contributed by atoms with Gasteiger partial charge >= 0.3 is 0 Å². The van der Waals surface area contributed by atoms with Crippen molar-refractivity contribution in [1.82, 2.24) is 15.5 Å². The van der Waals surface area contributed by atoms with Gasteiger partial charge in [0.15, 0.2) is 0 Å². The lowest BCUT2D eigenvalue weighted by Crippen LogP contribution is -2.49. The van der Waals surface area contributed by atoms with Crippen LogP contribution in [0.5, 0.6) is 5.75 Å². The minimum atomic E-state index is -0.395. The van der Waals surface area contributed by atoms with Crippen LogP contribution in [0.25, 0.3) is 0 Å². The highest BCUT2D eigenvalue weighted by Crippen LogP contribution is 2.30. The molecule has 0 aliphatic carbocycles. The fourth-order valence-corrected chi connectivity index (χ4v) is 3.65. The number of morpholine rings is 1. The first-order valence-corrected chi connectivity index (χ1v) is 9.26. The van der Waals surface area contributed by atoms with Gasteiger partial charge in [0.1, 0.15) is 11.9 Å². The number of para-hydroxylation sites is 1. The molecule has 0 radical (unpaired) electrons. The van der Waals surface area contributed by atoms with Gasteiger partial charge in [-0.25, -0.2) is 0 Å². The second-order valence-electron chi connectivity index (χ2n) is 6.66. The predicted octanol–water partition coefficient (Wildman–Crippen LogP) is 1.33. The van der Waals surface area contributed by atoms with Crippen molar-refractivity contribution >= 4 is 5.91 Å². The number of hydrogen-bond donors (Lipinski definition) is 2. The summed E-state index contributed by atoms with van der Waals surface area (Å²) < 4.78 is 11.1. The number of benzene rings is 1. The Labute approximate surface area is 149 Å². The van der Waals surface area contributed by atoms with Gasteiger partial charge in [0.25, 0.3) is 5.91 Å². The fourth-order valence-electron chi connectivity index (χ4n) is 3.65. The molecule has 25 heavy (non-hydrogen) atoms. The molecule has 1 aromatic rings. The molecule has 2 saturated heterocycles. The van der Waals surface area contributed by atoms with Crippen LogP contribution in [0.2, 0.25) is 0 Å². The van der Waals surface area contributed by atoms with E-state index in [0.717, 1.165) is 30.9 Å². The van der Waals surface area contributed by atoms with Crippen LogP contribution in [0.15, 0.2) is 24.3 Å². The zero-order valence-electron chi connectivity index (χ0n) is 15.0. The molecule has 0 saturated carbocycles. The van der Waals surface area contributed by atoms with Crippen molar-refractivity contribution in [2.75, 3.05) is 46.4 Å². The smallest absolute Gasteiger partial charge is 0.250 e. The third-order valence-corrected chi connectivity index (χ3v) is 5.02. The van der Waals surface area contributed by atoms with E-state index in [1.165, 1.54) is 19.3 Å². The van der Waals surface area contributed by atoms with E-state index in [1.54, 1.807) is 7.11 Å². The molecule has 6 heteroatoms. The van der Waals surface area contributed by atoms with Gasteiger partial charge in [0.2, 0.25) is 0 Å². The number of nitrogens with one attached hydrogen (secondary N) is 2. The molecule has 0 bridgehead atoms. The van der Waals surface area contributed by atoms with Crippen molar-refractivity contribution in [3.05, 3.63) is 29.8 Å². The molecule has 1 aromatic carbocycles. The maximum Gasteiger partial charge on any atom is 0.250 e. The SMILES string of the molecule is COc1ccccc1C(CNC(=O)C1CNCCO1)N1CCCCC1. The Morgan fingerprint density at radius 3 is 2.88 bits per heavy atom. The van der Waals surface area contributed by atoms with Crippen molar-refractivity contribution in [1.29, 1.82) is 0 Å². The van der Waals surface area contributed by atoms with Crippen LogP contribution in [-0.4, -0.2) is 63.4 Å². The monoisotopic (exact) mass is 347 g/mol. The molecule has 2 unspecified atom stereocenters. The zero-order valence-corrected chi connectivity index (χ0v) is 15.0.